The smallest absolute Gasteiger partial charge is 0.407 e. The lowest BCUT2D eigenvalue weighted by molar-refractivity contribution is 0.0527. The maximum absolute atomic E-state index is 11.4. The Morgan fingerprint density at radius 1 is 1.21 bits per heavy atom. The molecular formula is C14H30N2O3. The van der Waals surface area contributed by atoms with Crippen molar-refractivity contribution in [1.82, 2.24) is 10.6 Å². The Morgan fingerprint density at radius 3 is 2.32 bits per heavy atom. The molecule has 0 aromatic carbocycles. The van der Waals surface area contributed by atoms with Crippen LogP contribution in [0.25, 0.3) is 0 Å². The van der Waals surface area contributed by atoms with E-state index in [1.807, 2.05) is 20.8 Å². The van der Waals surface area contributed by atoms with Gasteiger partial charge in [0.2, 0.25) is 0 Å². The summed E-state index contributed by atoms with van der Waals surface area (Å²) in [6, 6.07) is 0. The Labute approximate surface area is 117 Å². The van der Waals surface area contributed by atoms with Gasteiger partial charge in [0.25, 0.3) is 0 Å². The van der Waals surface area contributed by atoms with Gasteiger partial charge >= 0.3 is 6.09 Å². The van der Waals surface area contributed by atoms with Gasteiger partial charge in [-0.2, -0.15) is 0 Å². The van der Waals surface area contributed by atoms with Gasteiger partial charge in [0.05, 0.1) is 0 Å². The highest BCUT2D eigenvalue weighted by atomic mass is 16.6. The van der Waals surface area contributed by atoms with Crippen LogP contribution >= 0.6 is 0 Å². The van der Waals surface area contributed by atoms with E-state index in [1.54, 1.807) is 0 Å². The molecule has 19 heavy (non-hydrogen) atoms. The molecule has 0 radical (unpaired) electrons. The van der Waals surface area contributed by atoms with Crippen LogP contribution in [-0.2, 0) is 4.74 Å². The minimum Gasteiger partial charge on any atom is -0.444 e. The van der Waals surface area contributed by atoms with Crippen LogP contribution in [0.5, 0.6) is 0 Å². The molecule has 0 saturated heterocycles. The number of rotatable bonds is 8. The van der Waals surface area contributed by atoms with Crippen molar-refractivity contribution in [2.24, 2.45) is 0 Å². The highest BCUT2D eigenvalue weighted by Crippen LogP contribution is 2.13. The second-order valence-electron chi connectivity index (χ2n) is 6.10. The van der Waals surface area contributed by atoms with Crippen molar-refractivity contribution in [3.8, 4) is 0 Å². The standard InChI is InChI=1S/C14H30N2O3/c1-6-14(5,8-11-17)16-10-7-9-15-12(18)19-13(2,3)4/h16-17H,6-11H2,1-5H3,(H,15,18). The van der Waals surface area contributed by atoms with Crippen LogP contribution in [0.15, 0.2) is 0 Å². The lowest BCUT2D eigenvalue weighted by atomic mass is 9.95. The third kappa shape index (κ3) is 9.73. The summed E-state index contributed by atoms with van der Waals surface area (Å²) >= 11 is 0. The molecule has 0 aliphatic heterocycles. The first-order valence-corrected chi connectivity index (χ1v) is 7.05. The van der Waals surface area contributed by atoms with E-state index < -0.39 is 5.60 Å². The van der Waals surface area contributed by atoms with Gasteiger partial charge < -0.3 is 20.5 Å². The average Bonchev–Trinajstić information content (AvgIpc) is 2.26. The van der Waals surface area contributed by atoms with Gasteiger partial charge in [0, 0.05) is 18.7 Å². The van der Waals surface area contributed by atoms with E-state index in [1.165, 1.54) is 0 Å². The number of alkyl carbamates (subject to hydrolysis) is 1. The quantitative estimate of drug-likeness (QED) is 0.592. The normalized spacial score (nSPS) is 14.8. The fraction of sp³-hybridized carbons (Fsp3) is 0.929. The molecule has 0 aliphatic carbocycles. The summed E-state index contributed by atoms with van der Waals surface area (Å²) in [6.45, 7) is 11.3. The number of carbonyl (C=O) groups is 1. The zero-order chi connectivity index (χ0) is 14.9. The Hall–Kier alpha value is -0.810. The van der Waals surface area contributed by atoms with Crippen LogP contribution in [-0.4, -0.2) is 42.0 Å². The van der Waals surface area contributed by atoms with Gasteiger partial charge in [-0.05, 0) is 53.5 Å². The highest BCUT2D eigenvalue weighted by Gasteiger charge is 2.20. The van der Waals surface area contributed by atoms with Crippen LogP contribution < -0.4 is 10.6 Å². The first-order chi connectivity index (χ1) is 8.72. The number of carbonyl (C=O) groups excluding carboxylic acids is 1. The largest absolute Gasteiger partial charge is 0.444 e. The summed E-state index contributed by atoms with van der Waals surface area (Å²) in [5.74, 6) is 0. The lowest BCUT2D eigenvalue weighted by Crippen LogP contribution is -2.43. The van der Waals surface area contributed by atoms with Gasteiger partial charge in [-0.25, -0.2) is 4.79 Å². The van der Waals surface area contributed by atoms with Crippen molar-refractivity contribution in [3.05, 3.63) is 0 Å². The van der Waals surface area contributed by atoms with Gasteiger partial charge in [0.1, 0.15) is 5.60 Å². The monoisotopic (exact) mass is 274 g/mol. The minimum atomic E-state index is -0.454. The first-order valence-electron chi connectivity index (χ1n) is 7.05. The molecule has 0 aliphatic rings. The Bertz CT molecular complexity index is 264. The number of aliphatic hydroxyl groups excluding tert-OH is 1. The molecule has 0 spiro atoms. The Morgan fingerprint density at radius 2 is 1.84 bits per heavy atom. The van der Waals surface area contributed by atoms with E-state index in [2.05, 4.69) is 24.5 Å². The van der Waals surface area contributed by atoms with Gasteiger partial charge in [-0.3, -0.25) is 0 Å². The highest BCUT2D eigenvalue weighted by molar-refractivity contribution is 5.67. The first kappa shape index (κ1) is 18.2. The van der Waals surface area contributed by atoms with Crippen molar-refractivity contribution in [1.29, 1.82) is 0 Å². The number of hydrogen-bond donors (Lipinski definition) is 3. The van der Waals surface area contributed by atoms with Crippen LogP contribution in [0.1, 0.15) is 53.9 Å². The molecule has 1 atom stereocenters. The molecule has 5 nitrogen and oxygen atoms in total. The summed E-state index contributed by atoms with van der Waals surface area (Å²) in [7, 11) is 0. The van der Waals surface area contributed by atoms with E-state index in [0.717, 1.165) is 25.8 Å². The summed E-state index contributed by atoms with van der Waals surface area (Å²) in [4.78, 5) is 11.4. The molecule has 0 aromatic heterocycles. The molecule has 0 heterocycles. The number of aliphatic hydroxyl groups is 1. The summed E-state index contributed by atoms with van der Waals surface area (Å²) < 4.78 is 5.14. The van der Waals surface area contributed by atoms with Gasteiger partial charge in [-0.15, -0.1) is 0 Å². The lowest BCUT2D eigenvalue weighted by Gasteiger charge is -2.29. The van der Waals surface area contributed by atoms with Gasteiger partial charge in [0.15, 0.2) is 0 Å². The zero-order valence-corrected chi connectivity index (χ0v) is 13.0. The number of hydrogen-bond acceptors (Lipinski definition) is 4. The number of nitrogens with one attached hydrogen (secondary N) is 2. The summed E-state index contributed by atoms with van der Waals surface area (Å²) in [5.41, 5.74) is -0.481. The second kappa shape index (κ2) is 8.38. The third-order valence-electron chi connectivity index (χ3n) is 3.02. The van der Waals surface area contributed by atoms with E-state index in [4.69, 9.17) is 9.84 Å². The molecule has 0 rings (SSSR count). The Kier molecular flexibility index (Phi) is 8.02. The van der Waals surface area contributed by atoms with Crippen LogP contribution in [0.2, 0.25) is 0 Å². The molecule has 3 N–H and O–H groups in total. The van der Waals surface area contributed by atoms with Crippen LogP contribution in [0.4, 0.5) is 4.79 Å². The van der Waals surface area contributed by atoms with E-state index in [9.17, 15) is 4.79 Å². The molecule has 1 unspecified atom stereocenters. The molecule has 5 heteroatoms. The summed E-state index contributed by atoms with van der Waals surface area (Å²) in [6.07, 6.45) is 2.16. The van der Waals surface area contributed by atoms with Gasteiger partial charge in [-0.1, -0.05) is 6.92 Å². The molecule has 0 fully saturated rings. The maximum atomic E-state index is 11.4. The molecule has 0 aromatic rings. The molecule has 0 bridgehead atoms. The molecular weight excluding hydrogens is 244 g/mol. The Balaban J connectivity index is 3.73. The van der Waals surface area contributed by atoms with E-state index in [-0.39, 0.29) is 18.2 Å². The number of ether oxygens (including phenoxy) is 1. The van der Waals surface area contributed by atoms with Crippen molar-refractivity contribution >= 4 is 6.09 Å². The molecule has 0 saturated carbocycles. The third-order valence-corrected chi connectivity index (χ3v) is 3.02. The zero-order valence-electron chi connectivity index (χ0n) is 13.0. The maximum Gasteiger partial charge on any atom is 0.407 e. The van der Waals surface area contributed by atoms with Crippen LogP contribution in [0.3, 0.4) is 0 Å². The predicted molar refractivity (Wildman–Crippen MR) is 77.3 cm³/mol. The van der Waals surface area contributed by atoms with Crippen molar-refractivity contribution < 1.29 is 14.6 Å². The second-order valence-corrected chi connectivity index (χ2v) is 6.10. The molecule has 1 amide bonds. The fourth-order valence-corrected chi connectivity index (χ4v) is 1.62. The van der Waals surface area contributed by atoms with Crippen molar-refractivity contribution in [3.63, 3.8) is 0 Å². The van der Waals surface area contributed by atoms with E-state index >= 15 is 0 Å². The molecule has 114 valence electrons. The average molecular weight is 274 g/mol. The van der Waals surface area contributed by atoms with Crippen molar-refractivity contribution in [2.45, 2.75) is 65.0 Å². The van der Waals surface area contributed by atoms with E-state index in [0.29, 0.717) is 6.54 Å². The summed E-state index contributed by atoms with van der Waals surface area (Å²) in [5, 5.41) is 15.1. The van der Waals surface area contributed by atoms with Crippen LogP contribution in [0, 0.1) is 0 Å². The topological polar surface area (TPSA) is 70.6 Å². The SMILES string of the molecule is CCC(C)(CCO)NCCCNC(=O)OC(C)(C)C. The minimum absolute atomic E-state index is 0.0271. The fourth-order valence-electron chi connectivity index (χ4n) is 1.62. The predicted octanol–water partition coefficient (Wildman–Crippen LogP) is 2.04. The van der Waals surface area contributed by atoms with Crippen molar-refractivity contribution in [2.75, 3.05) is 19.7 Å². The number of amides is 1.